The number of allylic oxidation sites excluding steroid dienone is 4. The molecular weight excluding hydrogens is 587 g/mol. The number of hydrogen-bond donors (Lipinski definition) is 0. The normalized spacial score (nSPS) is 14.7. The SMILES string of the molecule is Cc1cccc(N(c2ccc(C3=CCC(C)C(c4ccccc4C)=C3)cc2)c2ccc(-c3cccc4c3sc3ccccc34)cc2)c1. The van der Waals surface area contributed by atoms with Crippen molar-refractivity contribution in [2.45, 2.75) is 27.2 Å². The lowest BCUT2D eigenvalue weighted by molar-refractivity contribution is 0.760. The van der Waals surface area contributed by atoms with Gasteiger partial charge in [0.1, 0.15) is 0 Å². The van der Waals surface area contributed by atoms with Crippen molar-refractivity contribution in [3.05, 3.63) is 174 Å². The van der Waals surface area contributed by atoms with Gasteiger partial charge in [-0.1, -0.05) is 116 Å². The minimum Gasteiger partial charge on any atom is -0.310 e. The van der Waals surface area contributed by atoms with E-state index in [1.807, 2.05) is 11.3 Å². The van der Waals surface area contributed by atoms with Crippen molar-refractivity contribution >= 4 is 59.7 Å². The molecule has 47 heavy (non-hydrogen) atoms. The van der Waals surface area contributed by atoms with Gasteiger partial charge in [0.05, 0.1) is 0 Å². The van der Waals surface area contributed by atoms with Crippen molar-refractivity contribution in [3.63, 3.8) is 0 Å². The Labute approximate surface area is 281 Å². The first-order chi connectivity index (χ1) is 23.0. The predicted octanol–water partition coefficient (Wildman–Crippen LogP) is 13.3. The lowest BCUT2D eigenvalue weighted by Gasteiger charge is -2.27. The van der Waals surface area contributed by atoms with E-state index in [2.05, 4.69) is 177 Å². The predicted molar refractivity (Wildman–Crippen MR) is 205 cm³/mol. The van der Waals surface area contributed by atoms with Crippen molar-refractivity contribution in [2.24, 2.45) is 5.92 Å². The van der Waals surface area contributed by atoms with E-state index in [1.54, 1.807) is 0 Å². The molecule has 0 N–H and O–H groups in total. The third-order valence-corrected chi connectivity index (χ3v) is 10.8. The molecule has 1 heterocycles. The molecule has 2 heteroatoms. The Morgan fingerprint density at radius 1 is 0.596 bits per heavy atom. The Morgan fingerprint density at radius 2 is 1.26 bits per heavy atom. The molecule has 1 nitrogen and oxygen atoms in total. The maximum atomic E-state index is 2.40. The third kappa shape index (κ3) is 5.49. The second kappa shape index (κ2) is 12.2. The van der Waals surface area contributed by atoms with Crippen LogP contribution in [0.2, 0.25) is 0 Å². The van der Waals surface area contributed by atoms with Gasteiger partial charge in [-0.2, -0.15) is 0 Å². The van der Waals surface area contributed by atoms with Gasteiger partial charge in [0.15, 0.2) is 0 Å². The van der Waals surface area contributed by atoms with E-state index in [1.165, 1.54) is 64.7 Å². The average molecular weight is 624 g/mol. The van der Waals surface area contributed by atoms with Crippen molar-refractivity contribution < 1.29 is 0 Å². The Balaban J connectivity index is 1.15. The van der Waals surface area contributed by atoms with Crippen LogP contribution in [0, 0.1) is 19.8 Å². The van der Waals surface area contributed by atoms with Crippen LogP contribution in [0.4, 0.5) is 17.1 Å². The first kappa shape index (κ1) is 29.2. The summed E-state index contributed by atoms with van der Waals surface area (Å²) in [4.78, 5) is 2.37. The summed E-state index contributed by atoms with van der Waals surface area (Å²) in [5.41, 5.74) is 13.9. The van der Waals surface area contributed by atoms with E-state index in [0.717, 1.165) is 23.5 Å². The van der Waals surface area contributed by atoms with E-state index in [4.69, 9.17) is 0 Å². The molecule has 0 aliphatic heterocycles. The summed E-state index contributed by atoms with van der Waals surface area (Å²) in [5, 5.41) is 2.66. The molecule has 6 aromatic carbocycles. The largest absolute Gasteiger partial charge is 0.310 e. The molecule has 228 valence electrons. The van der Waals surface area contributed by atoms with Gasteiger partial charge in [-0.25, -0.2) is 0 Å². The summed E-state index contributed by atoms with van der Waals surface area (Å²) in [6.07, 6.45) is 5.85. The number of hydrogen-bond acceptors (Lipinski definition) is 2. The Morgan fingerprint density at radius 3 is 2.02 bits per heavy atom. The zero-order valence-electron chi connectivity index (χ0n) is 27.1. The molecule has 0 radical (unpaired) electrons. The quantitative estimate of drug-likeness (QED) is 0.178. The molecule has 0 fully saturated rings. The number of thiophene rings is 1. The minimum atomic E-state index is 0.504. The smallest absolute Gasteiger partial charge is 0.0464 e. The van der Waals surface area contributed by atoms with Gasteiger partial charge >= 0.3 is 0 Å². The third-order valence-electron chi connectivity index (χ3n) is 9.55. The molecule has 0 amide bonds. The van der Waals surface area contributed by atoms with Crippen LogP contribution in [0.15, 0.2) is 152 Å². The second-order valence-corrected chi connectivity index (χ2v) is 13.8. The van der Waals surface area contributed by atoms with Crippen LogP contribution in [0.5, 0.6) is 0 Å². The molecular formula is C45H37NS. The molecule has 0 spiro atoms. The topological polar surface area (TPSA) is 3.24 Å². The van der Waals surface area contributed by atoms with E-state index in [-0.39, 0.29) is 0 Å². The Kier molecular flexibility index (Phi) is 7.59. The van der Waals surface area contributed by atoms with Crippen molar-refractivity contribution in [3.8, 4) is 11.1 Å². The van der Waals surface area contributed by atoms with Gasteiger partial charge in [-0.3, -0.25) is 0 Å². The van der Waals surface area contributed by atoms with E-state index in [9.17, 15) is 0 Å². The maximum Gasteiger partial charge on any atom is 0.0464 e. The summed E-state index contributed by atoms with van der Waals surface area (Å²) in [6.45, 7) is 6.71. The molecule has 1 unspecified atom stereocenters. The van der Waals surface area contributed by atoms with Gasteiger partial charge < -0.3 is 4.90 Å². The number of aryl methyl sites for hydroxylation is 2. The maximum absolute atomic E-state index is 2.40. The van der Waals surface area contributed by atoms with Crippen LogP contribution in [-0.2, 0) is 0 Å². The highest BCUT2D eigenvalue weighted by atomic mass is 32.1. The minimum absolute atomic E-state index is 0.504. The lowest BCUT2D eigenvalue weighted by atomic mass is 9.82. The number of rotatable bonds is 6. The lowest BCUT2D eigenvalue weighted by Crippen LogP contribution is -2.10. The van der Waals surface area contributed by atoms with Gasteiger partial charge in [0.25, 0.3) is 0 Å². The van der Waals surface area contributed by atoms with Gasteiger partial charge in [0, 0.05) is 37.2 Å². The van der Waals surface area contributed by atoms with Crippen LogP contribution in [0.3, 0.4) is 0 Å². The Bertz CT molecular complexity index is 2300. The molecule has 1 aliphatic rings. The molecule has 1 aliphatic carbocycles. The van der Waals surface area contributed by atoms with Crippen molar-refractivity contribution in [1.29, 1.82) is 0 Å². The van der Waals surface area contributed by atoms with E-state index in [0.29, 0.717) is 5.92 Å². The van der Waals surface area contributed by atoms with Crippen LogP contribution < -0.4 is 4.90 Å². The monoisotopic (exact) mass is 623 g/mol. The fourth-order valence-electron chi connectivity index (χ4n) is 7.02. The first-order valence-electron chi connectivity index (χ1n) is 16.5. The van der Waals surface area contributed by atoms with Crippen LogP contribution in [0.25, 0.3) is 42.4 Å². The van der Waals surface area contributed by atoms with E-state index >= 15 is 0 Å². The average Bonchev–Trinajstić information content (AvgIpc) is 3.49. The molecule has 7 aromatic rings. The van der Waals surface area contributed by atoms with Crippen LogP contribution in [-0.4, -0.2) is 0 Å². The second-order valence-electron chi connectivity index (χ2n) is 12.8. The number of fused-ring (bicyclic) bond motifs is 3. The molecule has 1 atom stereocenters. The van der Waals surface area contributed by atoms with Gasteiger partial charge in [-0.05, 0) is 113 Å². The molecule has 0 bridgehead atoms. The van der Waals surface area contributed by atoms with Gasteiger partial charge in [-0.15, -0.1) is 11.3 Å². The van der Waals surface area contributed by atoms with Crippen LogP contribution in [0.1, 0.15) is 35.6 Å². The molecule has 8 rings (SSSR count). The summed E-state index contributed by atoms with van der Waals surface area (Å²) in [5.74, 6) is 0.504. The summed E-state index contributed by atoms with van der Waals surface area (Å²) >= 11 is 1.88. The molecule has 0 saturated carbocycles. The number of anilines is 3. The van der Waals surface area contributed by atoms with E-state index < -0.39 is 0 Å². The highest BCUT2D eigenvalue weighted by molar-refractivity contribution is 7.26. The van der Waals surface area contributed by atoms with Crippen LogP contribution >= 0.6 is 11.3 Å². The summed E-state index contributed by atoms with van der Waals surface area (Å²) < 4.78 is 2.68. The zero-order valence-corrected chi connectivity index (χ0v) is 27.9. The van der Waals surface area contributed by atoms with Gasteiger partial charge in [0.2, 0.25) is 0 Å². The highest BCUT2D eigenvalue weighted by Crippen LogP contribution is 2.42. The molecule has 1 aromatic heterocycles. The summed E-state index contributed by atoms with van der Waals surface area (Å²) in [7, 11) is 0. The number of benzene rings is 6. The first-order valence-corrected chi connectivity index (χ1v) is 17.3. The number of nitrogens with zero attached hydrogens (tertiary/aromatic N) is 1. The standard InChI is InChI=1S/C45H37NS/c1-30-10-8-12-38(28-30)46(36-24-20-33(21-25-36)35-19-18-32(3)43(29-35)39-13-5-4-11-31(39)2)37-26-22-34(23-27-37)40-15-9-16-42-41-14-6-7-17-44(41)47-45(40)42/h4-17,19-29,32H,18H2,1-3H3. The fourth-order valence-corrected chi connectivity index (χ4v) is 8.26. The van der Waals surface area contributed by atoms with Crippen molar-refractivity contribution in [2.75, 3.05) is 4.90 Å². The fraction of sp³-hybridized carbons (Fsp3) is 0.111. The molecule has 0 saturated heterocycles. The Hall–Kier alpha value is -5.18. The zero-order chi connectivity index (χ0) is 31.9. The summed E-state index contributed by atoms with van der Waals surface area (Å²) in [6, 6.07) is 51.1. The highest BCUT2D eigenvalue weighted by Gasteiger charge is 2.19. The van der Waals surface area contributed by atoms with Crippen molar-refractivity contribution in [1.82, 2.24) is 0 Å².